The third kappa shape index (κ3) is 5.56. The third-order valence-electron chi connectivity index (χ3n) is 1.22. The Hall–Kier alpha value is -0.570. The number of aliphatic imine (C=N–C) groups is 1. The largest absolute Gasteiger partial charge is 0.290 e. The van der Waals surface area contributed by atoms with Gasteiger partial charge in [0.25, 0.3) is 0 Å². The van der Waals surface area contributed by atoms with Crippen LogP contribution in [0.25, 0.3) is 0 Å². The van der Waals surface area contributed by atoms with Crippen molar-refractivity contribution in [3.63, 3.8) is 0 Å². The first-order chi connectivity index (χ1) is 4.66. The van der Waals surface area contributed by atoms with Crippen LogP contribution in [0.15, 0.2) is 4.99 Å². The van der Waals surface area contributed by atoms with Crippen molar-refractivity contribution in [1.29, 1.82) is 0 Å². The highest BCUT2D eigenvalue weighted by Gasteiger charge is 1.91. The van der Waals surface area contributed by atoms with E-state index in [9.17, 15) is 0 Å². The summed E-state index contributed by atoms with van der Waals surface area (Å²) in [5.74, 6) is 1.26. The Kier molecular flexibility index (Phi) is 4.94. The lowest BCUT2D eigenvalue weighted by molar-refractivity contribution is 0.233. The molecule has 10 heavy (non-hydrogen) atoms. The van der Waals surface area contributed by atoms with Gasteiger partial charge in [0.05, 0.1) is 0 Å². The van der Waals surface area contributed by atoms with Crippen molar-refractivity contribution in [2.45, 2.75) is 27.2 Å². The van der Waals surface area contributed by atoms with Gasteiger partial charge in [-0.1, -0.05) is 13.8 Å². The van der Waals surface area contributed by atoms with Gasteiger partial charge in [0.1, 0.15) is 5.84 Å². The van der Waals surface area contributed by atoms with Gasteiger partial charge in [0, 0.05) is 6.54 Å². The molecule has 0 aliphatic rings. The third-order valence-corrected chi connectivity index (χ3v) is 1.22. The molecule has 60 valence electrons. The molecule has 0 atom stereocenters. The number of nitrogens with zero attached hydrogens (tertiary/aromatic N) is 1. The van der Waals surface area contributed by atoms with E-state index < -0.39 is 0 Å². The standard InChI is InChI=1S/C7H16N2O/c1-6(2)4-5-8-7(3)9-10/h6,10H,4-5H2,1-3H3,(H,8,9). The fourth-order valence-corrected chi connectivity index (χ4v) is 0.526. The van der Waals surface area contributed by atoms with Crippen molar-refractivity contribution < 1.29 is 5.21 Å². The number of amidine groups is 1. The summed E-state index contributed by atoms with van der Waals surface area (Å²) in [5.41, 5.74) is 1.99. The van der Waals surface area contributed by atoms with E-state index in [1.807, 2.05) is 5.48 Å². The smallest absolute Gasteiger partial charge is 0.117 e. The first-order valence-electron chi connectivity index (χ1n) is 3.58. The summed E-state index contributed by atoms with van der Waals surface area (Å²) in [5, 5.41) is 8.32. The topological polar surface area (TPSA) is 44.6 Å². The van der Waals surface area contributed by atoms with Crippen LogP contribution in [-0.4, -0.2) is 17.6 Å². The van der Waals surface area contributed by atoms with Crippen LogP contribution in [-0.2, 0) is 0 Å². The molecule has 0 spiro atoms. The maximum atomic E-state index is 8.32. The maximum Gasteiger partial charge on any atom is 0.117 e. The molecule has 0 heterocycles. The Morgan fingerprint density at radius 1 is 1.60 bits per heavy atom. The van der Waals surface area contributed by atoms with Gasteiger partial charge < -0.3 is 0 Å². The molecule has 3 heteroatoms. The van der Waals surface area contributed by atoms with E-state index in [1.54, 1.807) is 6.92 Å². The molecule has 0 aliphatic heterocycles. The molecule has 0 rings (SSSR count). The highest BCUT2D eigenvalue weighted by atomic mass is 16.5. The second kappa shape index (κ2) is 5.23. The van der Waals surface area contributed by atoms with Crippen LogP contribution >= 0.6 is 0 Å². The van der Waals surface area contributed by atoms with Crippen LogP contribution in [0.5, 0.6) is 0 Å². The summed E-state index contributed by atoms with van der Waals surface area (Å²) in [7, 11) is 0. The lowest BCUT2D eigenvalue weighted by Gasteiger charge is -2.00. The Bertz CT molecular complexity index is 110. The molecule has 0 saturated carbocycles. The lowest BCUT2D eigenvalue weighted by atomic mass is 10.1. The molecule has 0 fully saturated rings. The zero-order valence-electron chi connectivity index (χ0n) is 6.89. The molecule has 0 aromatic heterocycles. The van der Waals surface area contributed by atoms with Crippen molar-refractivity contribution in [3.8, 4) is 0 Å². The van der Waals surface area contributed by atoms with Gasteiger partial charge in [-0.25, -0.2) is 0 Å². The van der Waals surface area contributed by atoms with Crippen LogP contribution in [0, 0.1) is 5.92 Å². The second-order valence-corrected chi connectivity index (χ2v) is 2.76. The minimum absolute atomic E-state index is 0.584. The second-order valence-electron chi connectivity index (χ2n) is 2.76. The number of nitrogens with one attached hydrogen (secondary N) is 1. The number of hydroxylamine groups is 1. The lowest BCUT2D eigenvalue weighted by Crippen LogP contribution is -2.15. The van der Waals surface area contributed by atoms with E-state index in [1.165, 1.54) is 0 Å². The Morgan fingerprint density at radius 2 is 2.20 bits per heavy atom. The molecule has 2 N–H and O–H groups in total. The summed E-state index contributed by atoms with van der Waals surface area (Å²) in [6.45, 7) is 6.83. The van der Waals surface area contributed by atoms with Crippen molar-refractivity contribution >= 4 is 5.84 Å². The molecule has 3 nitrogen and oxygen atoms in total. The maximum absolute atomic E-state index is 8.32. The van der Waals surface area contributed by atoms with Crippen molar-refractivity contribution in [3.05, 3.63) is 0 Å². The van der Waals surface area contributed by atoms with Gasteiger partial charge in [-0.05, 0) is 19.3 Å². The van der Waals surface area contributed by atoms with E-state index in [0.717, 1.165) is 13.0 Å². The molecule has 0 amide bonds. The van der Waals surface area contributed by atoms with E-state index in [0.29, 0.717) is 11.8 Å². The summed E-state index contributed by atoms with van der Waals surface area (Å²) < 4.78 is 0. The van der Waals surface area contributed by atoms with E-state index in [-0.39, 0.29) is 0 Å². The average Bonchev–Trinajstić information content (AvgIpc) is 1.87. The summed E-state index contributed by atoms with van der Waals surface area (Å²) in [6, 6.07) is 0. The highest BCUT2D eigenvalue weighted by Crippen LogP contribution is 1.98. The predicted octanol–water partition coefficient (Wildman–Crippen LogP) is 1.43. The number of rotatable bonds is 3. The Labute approximate surface area is 62.1 Å². The average molecular weight is 144 g/mol. The molecule has 0 aromatic carbocycles. The van der Waals surface area contributed by atoms with Crippen LogP contribution in [0.2, 0.25) is 0 Å². The van der Waals surface area contributed by atoms with E-state index >= 15 is 0 Å². The number of hydrogen-bond donors (Lipinski definition) is 2. The van der Waals surface area contributed by atoms with Gasteiger partial charge in [-0.3, -0.25) is 15.7 Å². The normalized spacial score (nSPS) is 12.3. The van der Waals surface area contributed by atoms with Crippen LogP contribution in [0.1, 0.15) is 27.2 Å². The fourth-order valence-electron chi connectivity index (χ4n) is 0.526. The van der Waals surface area contributed by atoms with Gasteiger partial charge >= 0.3 is 0 Å². The monoisotopic (exact) mass is 144 g/mol. The molecule has 0 radical (unpaired) electrons. The summed E-state index contributed by atoms with van der Waals surface area (Å²) in [6.07, 6.45) is 1.07. The molecule has 0 bridgehead atoms. The number of hydrogen-bond acceptors (Lipinski definition) is 2. The first kappa shape index (κ1) is 9.43. The SMILES string of the molecule is CC(=NCCC(C)C)NO. The molecule has 0 saturated heterocycles. The molecule has 0 aromatic rings. The first-order valence-corrected chi connectivity index (χ1v) is 3.58. The van der Waals surface area contributed by atoms with Gasteiger partial charge in [0.2, 0.25) is 0 Å². The van der Waals surface area contributed by atoms with Crippen molar-refractivity contribution in [1.82, 2.24) is 5.48 Å². The fraction of sp³-hybridized carbons (Fsp3) is 0.857. The van der Waals surface area contributed by atoms with Crippen LogP contribution < -0.4 is 5.48 Å². The minimum Gasteiger partial charge on any atom is -0.290 e. The summed E-state index contributed by atoms with van der Waals surface area (Å²) in [4.78, 5) is 4.04. The van der Waals surface area contributed by atoms with E-state index in [2.05, 4.69) is 18.8 Å². The van der Waals surface area contributed by atoms with Crippen molar-refractivity contribution in [2.24, 2.45) is 10.9 Å². The molecule has 0 unspecified atom stereocenters. The minimum atomic E-state index is 0.584. The van der Waals surface area contributed by atoms with Gasteiger partial charge in [-0.2, -0.15) is 0 Å². The van der Waals surface area contributed by atoms with Gasteiger partial charge in [-0.15, -0.1) is 0 Å². The zero-order chi connectivity index (χ0) is 7.98. The summed E-state index contributed by atoms with van der Waals surface area (Å²) >= 11 is 0. The van der Waals surface area contributed by atoms with E-state index in [4.69, 9.17) is 5.21 Å². The van der Waals surface area contributed by atoms with Gasteiger partial charge in [0.15, 0.2) is 0 Å². The van der Waals surface area contributed by atoms with Crippen LogP contribution in [0.4, 0.5) is 0 Å². The Balaban J connectivity index is 3.34. The quantitative estimate of drug-likeness (QED) is 0.357. The molecule has 0 aliphatic carbocycles. The van der Waals surface area contributed by atoms with Crippen LogP contribution in [0.3, 0.4) is 0 Å². The Morgan fingerprint density at radius 3 is 2.60 bits per heavy atom. The van der Waals surface area contributed by atoms with Crippen molar-refractivity contribution in [2.75, 3.05) is 6.54 Å². The zero-order valence-corrected chi connectivity index (χ0v) is 6.89. The molecular weight excluding hydrogens is 128 g/mol. The highest BCUT2D eigenvalue weighted by molar-refractivity contribution is 5.78. The molecular formula is C7H16N2O. The predicted molar refractivity (Wildman–Crippen MR) is 42.4 cm³/mol.